The van der Waals surface area contributed by atoms with E-state index >= 15 is 0 Å². The van der Waals surface area contributed by atoms with Crippen LogP contribution in [0.1, 0.15) is 23.6 Å². The van der Waals surface area contributed by atoms with Gasteiger partial charge in [0.2, 0.25) is 0 Å². The molecule has 0 saturated heterocycles. The van der Waals surface area contributed by atoms with E-state index in [9.17, 15) is 5.11 Å². The van der Waals surface area contributed by atoms with E-state index in [0.717, 1.165) is 40.1 Å². The monoisotopic (exact) mass is 373 g/mol. The van der Waals surface area contributed by atoms with Crippen LogP contribution in [0.2, 0.25) is 0 Å². The molecule has 0 fully saturated rings. The zero-order valence-electron chi connectivity index (χ0n) is 16.4. The molecule has 0 aromatic heterocycles. The Morgan fingerprint density at radius 3 is 1.89 bits per heavy atom. The molecule has 2 N–H and O–H groups in total. The quantitative estimate of drug-likeness (QED) is 0.447. The third-order valence-electron chi connectivity index (χ3n) is 4.60. The molecule has 0 bridgehead atoms. The normalized spacial score (nSPS) is 13.0. The Balaban J connectivity index is 2.10. The molecular weight excluding hydrogens is 346 g/mol. The Hall–Kier alpha value is -2.88. The number of rotatable bonds is 8. The van der Waals surface area contributed by atoms with E-state index in [1.807, 2.05) is 74.6 Å². The van der Waals surface area contributed by atoms with Crippen LogP contribution < -0.4 is 10.1 Å². The molecular formula is C25H27NO2. The van der Waals surface area contributed by atoms with E-state index in [-0.39, 0.29) is 0 Å². The highest BCUT2D eigenvalue weighted by Gasteiger charge is 2.17. The Kier molecular flexibility index (Phi) is 7.01. The summed E-state index contributed by atoms with van der Waals surface area (Å²) >= 11 is 0. The van der Waals surface area contributed by atoms with Crippen LogP contribution in [0.5, 0.6) is 5.75 Å². The van der Waals surface area contributed by atoms with Gasteiger partial charge in [0.1, 0.15) is 12.4 Å². The van der Waals surface area contributed by atoms with Gasteiger partial charge < -0.3 is 15.2 Å². The number of ether oxygens (including phenoxy) is 1. The number of hydrogen-bond donors (Lipinski definition) is 2. The van der Waals surface area contributed by atoms with Crippen LogP contribution >= 0.6 is 0 Å². The lowest BCUT2D eigenvalue weighted by molar-refractivity contribution is 0.253. The third-order valence-corrected chi connectivity index (χ3v) is 4.60. The zero-order valence-corrected chi connectivity index (χ0v) is 16.4. The molecule has 28 heavy (non-hydrogen) atoms. The zero-order chi connectivity index (χ0) is 19.8. The largest absolute Gasteiger partial charge is 0.492 e. The summed E-state index contributed by atoms with van der Waals surface area (Å²) in [7, 11) is 1.91. The van der Waals surface area contributed by atoms with Crippen molar-refractivity contribution in [2.24, 2.45) is 0 Å². The van der Waals surface area contributed by atoms with Gasteiger partial charge in [-0.2, -0.15) is 0 Å². The Morgan fingerprint density at radius 1 is 0.821 bits per heavy atom. The minimum atomic E-state index is -0.607. The van der Waals surface area contributed by atoms with E-state index < -0.39 is 6.10 Å². The molecule has 3 aromatic rings. The van der Waals surface area contributed by atoms with Crippen LogP contribution in [-0.4, -0.2) is 31.4 Å². The first-order chi connectivity index (χ1) is 13.7. The van der Waals surface area contributed by atoms with Crippen LogP contribution in [-0.2, 0) is 0 Å². The highest BCUT2D eigenvalue weighted by Crippen LogP contribution is 2.35. The number of aliphatic hydroxyl groups excluding tert-OH is 1. The number of hydrogen-bond acceptors (Lipinski definition) is 3. The van der Waals surface area contributed by atoms with Gasteiger partial charge in [0.25, 0.3) is 0 Å². The van der Waals surface area contributed by atoms with Gasteiger partial charge >= 0.3 is 0 Å². The second-order valence-electron chi connectivity index (χ2n) is 6.67. The topological polar surface area (TPSA) is 41.5 Å². The van der Waals surface area contributed by atoms with E-state index in [4.69, 9.17) is 4.74 Å². The van der Waals surface area contributed by atoms with Crippen molar-refractivity contribution in [1.82, 2.24) is 5.32 Å². The Labute approximate surface area is 167 Å². The van der Waals surface area contributed by atoms with Crippen LogP contribution in [0.3, 0.4) is 0 Å². The van der Waals surface area contributed by atoms with Crippen molar-refractivity contribution in [3.8, 4) is 5.75 Å². The van der Waals surface area contributed by atoms with Gasteiger partial charge in [-0.25, -0.2) is 0 Å². The molecule has 3 aromatic carbocycles. The average Bonchev–Trinajstić information content (AvgIpc) is 2.74. The summed E-state index contributed by atoms with van der Waals surface area (Å²) < 4.78 is 5.75. The molecule has 3 heteroatoms. The highest BCUT2D eigenvalue weighted by molar-refractivity contribution is 5.99. The fraction of sp³-hybridized carbons (Fsp3) is 0.200. The number of benzene rings is 3. The van der Waals surface area contributed by atoms with E-state index in [1.165, 1.54) is 0 Å². The Bertz CT molecular complexity index is 885. The minimum Gasteiger partial charge on any atom is -0.492 e. The van der Waals surface area contributed by atoms with Crippen molar-refractivity contribution in [3.63, 3.8) is 0 Å². The van der Waals surface area contributed by atoms with E-state index in [0.29, 0.717) is 6.61 Å². The number of likely N-dealkylation sites (N-methyl/N-ethyl adjacent to an activating group) is 1. The molecule has 0 radical (unpaired) electrons. The summed E-state index contributed by atoms with van der Waals surface area (Å²) in [6, 6.07) is 28.4. The lowest BCUT2D eigenvalue weighted by atomic mass is 9.87. The number of nitrogens with one attached hydrogen (secondary N) is 1. The molecule has 3 rings (SSSR count). The molecule has 0 saturated carbocycles. The van der Waals surface area contributed by atoms with Gasteiger partial charge in [-0.15, -0.1) is 0 Å². The van der Waals surface area contributed by atoms with Crippen molar-refractivity contribution >= 4 is 11.1 Å². The van der Waals surface area contributed by atoms with Crippen molar-refractivity contribution in [2.45, 2.75) is 13.0 Å². The molecule has 0 aliphatic carbocycles. The van der Waals surface area contributed by atoms with Gasteiger partial charge in [-0.1, -0.05) is 72.8 Å². The summed E-state index contributed by atoms with van der Waals surface area (Å²) in [6.45, 7) is 3.25. The molecule has 3 nitrogen and oxygen atoms in total. The van der Waals surface area contributed by atoms with Gasteiger partial charge in [-0.05, 0) is 53.9 Å². The molecule has 0 aliphatic heterocycles. The summed E-state index contributed by atoms with van der Waals surface area (Å²) in [4.78, 5) is 0. The smallest absolute Gasteiger partial charge is 0.119 e. The van der Waals surface area contributed by atoms with E-state index in [2.05, 4.69) is 29.6 Å². The van der Waals surface area contributed by atoms with Crippen molar-refractivity contribution in [2.75, 3.05) is 20.2 Å². The third kappa shape index (κ3) is 4.89. The molecule has 0 spiro atoms. The van der Waals surface area contributed by atoms with Crippen LogP contribution in [0.4, 0.5) is 0 Å². The second kappa shape index (κ2) is 9.88. The molecule has 0 aliphatic rings. The summed E-state index contributed by atoms with van der Waals surface area (Å²) in [6.07, 6.45) is -0.607. The molecule has 144 valence electrons. The Morgan fingerprint density at radius 2 is 1.36 bits per heavy atom. The first kappa shape index (κ1) is 19.9. The molecule has 0 heterocycles. The summed E-state index contributed by atoms with van der Waals surface area (Å²) in [5, 5.41) is 13.7. The standard InChI is InChI=1S/C25H27NO2/c1-19(27)24(20-9-5-3-6-10-20)25(21-11-7-4-8-12-21)22-13-15-23(16-14-22)28-18-17-26-2/h3-16,19,26-27H,17-18H2,1-2H3/b25-24+. The van der Waals surface area contributed by atoms with Gasteiger partial charge in [-0.3, -0.25) is 0 Å². The predicted molar refractivity (Wildman–Crippen MR) is 116 cm³/mol. The minimum absolute atomic E-state index is 0.607. The fourth-order valence-electron chi connectivity index (χ4n) is 3.28. The van der Waals surface area contributed by atoms with Crippen molar-refractivity contribution in [1.29, 1.82) is 0 Å². The lowest BCUT2D eigenvalue weighted by Gasteiger charge is -2.20. The van der Waals surface area contributed by atoms with Crippen LogP contribution in [0.15, 0.2) is 84.9 Å². The number of aliphatic hydroxyl groups is 1. The molecule has 0 amide bonds. The van der Waals surface area contributed by atoms with Crippen LogP contribution in [0.25, 0.3) is 11.1 Å². The lowest BCUT2D eigenvalue weighted by Crippen LogP contribution is -2.15. The maximum atomic E-state index is 10.7. The van der Waals surface area contributed by atoms with Gasteiger partial charge in [0, 0.05) is 6.54 Å². The first-order valence-corrected chi connectivity index (χ1v) is 9.61. The summed E-state index contributed by atoms with van der Waals surface area (Å²) in [5.41, 5.74) is 5.09. The molecule has 1 atom stereocenters. The van der Waals surface area contributed by atoms with Crippen molar-refractivity contribution in [3.05, 3.63) is 102 Å². The maximum absolute atomic E-state index is 10.7. The van der Waals surface area contributed by atoms with Gasteiger partial charge in [0.05, 0.1) is 6.10 Å². The maximum Gasteiger partial charge on any atom is 0.119 e. The average molecular weight is 373 g/mol. The highest BCUT2D eigenvalue weighted by atomic mass is 16.5. The predicted octanol–water partition coefficient (Wildman–Crippen LogP) is 4.62. The SMILES string of the molecule is CNCCOc1ccc(/C(=C(/c2ccccc2)C(C)O)c2ccccc2)cc1. The second-order valence-corrected chi connectivity index (χ2v) is 6.67. The van der Waals surface area contributed by atoms with Crippen LogP contribution in [0, 0.1) is 0 Å². The first-order valence-electron chi connectivity index (χ1n) is 9.61. The molecule has 1 unspecified atom stereocenters. The van der Waals surface area contributed by atoms with Crippen molar-refractivity contribution < 1.29 is 9.84 Å². The summed E-state index contributed by atoms with van der Waals surface area (Å²) in [5.74, 6) is 0.838. The fourth-order valence-corrected chi connectivity index (χ4v) is 3.28. The van der Waals surface area contributed by atoms with Gasteiger partial charge in [0.15, 0.2) is 0 Å². The van der Waals surface area contributed by atoms with E-state index in [1.54, 1.807) is 0 Å².